The van der Waals surface area contributed by atoms with Gasteiger partial charge in [-0.05, 0) is 48.2 Å². The van der Waals surface area contributed by atoms with Crippen molar-refractivity contribution < 1.29 is 22.3 Å². The quantitative estimate of drug-likeness (QED) is 0.337. The first kappa shape index (κ1) is 25.7. The molecule has 0 aliphatic heterocycles. The number of primary sulfonamides is 1. The minimum absolute atomic E-state index is 0.0848. The van der Waals surface area contributed by atoms with Gasteiger partial charge in [-0.15, -0.1) is 16.4 Å². The van der Waals surface area contributed by atoms with Crippen LogP contribution in [0.2, 0.25) is 0 Å². The lowest BCUT2D eigenvalue weighted by molar-refractivity contribution is -0.126. The number of thiazole rings is 1. The zero-order valence-corrected chi connectivity index (χ0v) is 21.4. The number of hydrogen-bond donors (Lipinski definition) is 2. The Balaban J connectivity index is 1.41. The Bertz CT molecular complexity index is 1520. The third-order valence-corrected chi connectivity index (χ3v) is 7.75. The van der Waals surface area contributed by atoms with Crippen molar-refractivity contribution in [2.45, 2.75) is 44.3 Å². The van der Waals surface area contributed by atoms with Gasteiger partial charge in [0.15, 0.2) is 0 Å². The fourth-order valence-corrected chi connectivity index (χ4v) is 5.22. The highest BCUT2D eigenvalue weighted by molar-refractivity contribution is 7.91. The van der Waals surface area contributed by atoms with Crippen LogP contribution >= 0.6 is 11.3 Å². The van der Waals surface area contributed by atoms with Gasteiger partial charge in [-0.1, -0.05) is 31.2 Å². The number of carbonyl (C=O) groups is 1. The standard InChI is InChI=1S/C23H25FN6O4S2/c1-13(2)21(22(31)26-10-15-5-4-14(3)18(24)8-15)30-11-16(28-29-30)12-34-17-6-7-19-20(9-17)35-23(27-19)36(25,32)33/h4-9,11,13,21H,10,12H2,1-3H3,(H,26,31)(H2,25,32,33)/t21-/m0/s1. The number of sulfonamides is 1. The minimum atomic E-state index is -3.88. The zero-order chi connectivity index (χ0) is 26.0. The summed E-state index contributed by atoms with van der Waals surface area (Å²) in [5, 5.41) is 16.2. The lowest BCUT2D eigenvalue weighted by Gasteiger charge is -2.20. The van der Waals surface area contributed by atoms with Gasteiger partial charge >= 0.3 is 0 Å². The molecule has 3 N–H and O–H groups in total. The van der Waals surface area contributed by atoms with E-state index in [1.54, 1.807) is 43.5 Å². The average Bonchev–Trinajstić information content (AvgIpc) is 3.45. The molecule has 0 saturated carbocycles. The molecule has 2 heterocycles. The highest BCUT2D eigenvalue weighted by atomic mass is 32.2. The number of rotatable bonds is 9. The first-order chi connectivity index (χ1) is 17.0. The summed E-state index contributed by atoms with van der Waals surface area (Å²) in [5.41, 5.74) is 2.21. The molecule has 2 aromatic carbocycles. The maximum absolute atomic E-state index is 13.8. The van der Waals surface area contributed by atoms with Crippen LogP contribution in [0.15, 0.2) is 46.9 Å². The second-order valence-corrected chi connectivity index (χ2v) is 11.4. The van der Waals surface area contributed by atoms with Gasteiger partial charge in [-0.3, -0.25) is 4.79 Å². The molecule has 1 atom stereocenters. The third-order valence-electron chi connectivity index (χ3n) is 5.42. The van der Waals surface area contributed by atoms with E-state index in [9.17, 15) is 17.6 Å². The first-order valence-electron chi connectivity index (χ1n) is 11.0. The number of aryl methyl sites for hydroxylation is 1. The van der Waals surface area contributed by atoms with E-state index in [0.717, 1.165) is 11.3 Å². The van der Waals surface area contributed by atoms with Crippen molar-refractivity contribution in [3.8, 4) is 5.75 Å². The van der Waals surface area contributed by atoms with Gasteiger partial charge in [0.2, 0.25) is 10.2 Å². The monoisotopic (exact) mass is 532 g/mol. The van der Waals surface area contributed by atoms with Crippen LogP contribution in [0.25, 0.3) is 10.2 Å². The summed E-state index contributed by atoms with van der Waals surface area (Å²) in [4.78, 5) is 16.9. The van der Waals surface area contributed by atoms with Crippen molar-refractivity contribution in [3.05, 3.63) is 65.2 Å². The Hall–Kier alpha value is -3.42. The molecule has 36 heavy (non-hydrogen) atoms. The van der Waals surface area contributed by atoms with Crippen LogP contribution in [-0.4, -0.2) is 34.3 Å². The number of hydrogen-bond acceptors (Lipinski definition) is 8. The molecule has 0 unspecified atom stereocenters. The lowest BCUT2D eigenvalue weighted by atomic mass is 10.0. The maximum atomic E-state index is 13.8. The van der Waals surface area contributed by atoms with Crippen LogP contribution in [0, 0.1) is 18.7 Å². The fraction of sp³-hybridized carbons (Fsp3) is 0.304. The molecule has 0 spiro atoms. The zero-order valence-electron chi connectivity index (χ0n) is 19.8. The summed E-state index contributed by atoms with van der Waals surface area (Å²) in [6.45, 7) is 5.75. The molecule has 13 heteroatoms. The molecule has 0 saturated heterocycles. The molecule has 0 radical (unpaired) electrons. The summed E-state index contributed by atoms with van der Waals surface area (Å²) < 4.78 is 44.6. The van der Waals surface area contributed by atoms with Crippen molar-refractivity contribution in [2.24, 2.45) is 11.1 Å². The van der Waals surface area contributed by atoms with E-state index in [2.05, 4.69) is 20.6 Å². The van der Waals surface area contributed by atoms with Gasteiger partial charge < -0.3 is 10.1 Å². The molecule has 2 aromatic heterocycles. The molecule has 10 nitrogen and oxygen atoms in total. The average molecular weight is 533 g/mol. The smallest absolute Gasteiger partial charge is 0.265 e. The van der Waals surface area contributed by atoms with E-state index in [1.165, 1.54) is 10.7 Å². The van der Waals surface area contributed by atoms with Gasteiger partial charge in [0.05, 0.1) is 16.4 Å². The van der Waals surface area contributed by atoms with E-state index in [1.807, 2.05) is 13.8 Å². The maximum Gasteiger partial charge on any atom is 0.265 e. The summed E-state index contributed by atoms with van der Waals surface area (Å²) in [7, 11) is -3.88. The fourth-order valence-electron chi connectivity index (χ4n) is 3.54. The van der Waals surface area contributed by atoms with E-state index in [0.29, 0.717) is 32.8 Å². The molecular weight excluding hydrogens is 507 g/mol. The van der Waals surface area contributed by atoms with E-state index < -0.39 is 16.1 Å². The van der Waals surface area contributed by atoms with Gasteiger partial charge in [0.1, 0.15) is 29.9 Å². The van der Waals surface area contributed by atoms with Crippen molar-refractivity contribution in [2.75, 3.05) is 0 Å². The number of benzene rings is 2. The number of aromatic nitrogens is 4. The predicted octanol–water partition coefficient (Wildman–Crippen LogP) is 3.08. The molecule has 0 aliphatic carbocycles. The highest BCUT2D eigenvalue weighted by Gasteiger charge is 2.25. The van der Waals surface area contributed by atoms with Gasteiger partial charge in [-0.2, -0.15) is 0 Å². The Morgan fingerprint density at radius 3 is 2.72 bits per heavy atom. The van der Waals surface area contributed by atoms with Crippen molar-refractivity contribution >= 4 is 37.5 Å². The summed E-state index contributed by atoms with van der Waals surface area (Å²) >= 11 is 0.957. The largest absolute Gasteiger partial charge is 0.487 e. The normalized spacial score (nSPS) is 12.7. The minimum Gasteiger partial charge on any atom is -0.487 e. The highest BCUT2D eigenvalue weighted by Crippen LogP contribution is 2.28. The number of fused-ring (bicyclic) bond motifs is 1. The molecule has 0 bridgehead atoms. The number of nitrogens with two attached hydrogens (primary N) is 1. The summed E-state index contributed by atoms with van der Waals surface area (Å²) in [5.74, 6) is -0.172. The van der Waals surface area contributed by atoms with Crippen LogP contribution in [0.1, 0.15) is 36.7 Å². The van der Waals surface area contributed by atoms with Crippen molar-refractivity contribution in [1.29, 1.82) is 0 Å². The Labute approximate surface area is 211 Å². The lowest BCUT2D eigenvalue weighted by Crippen LogP contribution is -2.35. The number of amides is 1. The second-order valence-electron chi connectivity index (χ2n) is 8.62. The number of carbonyl (C=O) groups excluding carboxylic acids is 1. The summed E-state index contributed by atoms with van der Waals surface area (Å²) in [6.07, 6.45) is 1.64. The molecular formula is C23H25FN6O4S2. The van der Waals surface area contributed by atoms with Crippen LogP contribution in [0.5, 0.6) is 5.75 Å². The third kappa shape index (κ3) is 5.86. The van der Waals surface area contributed by atoms with Crippen LogP contribution < -0.4 is 15.2 Å². The SMILES string of the molecule is Cc1ccc(CNC(=O)[C@H](C(C)C)n2cc(COc3ccc4nc(S(N)(=O)=O)sc4c3)nn2)cc1F. The van der Waals surface area contributed by atoms with Gasteiger partial charge in [0.25, 0.3) is 10.0 Å². The number of nitrogens with one attached hydrogen (secondary N) is 1. The Kier molecular flexibility index (Phi) is 7.33. The van der Waals surface area contributed by atoms with E-state index in [-0.39, 0.29) is 35.1 Å². The van der Waals surface area contributed by atoms with Crippen molar-refractivity contribution in [1.82, 2.24) is 25.3 Å². The van der Waals surface area contributed by atoms with Gasteiger partial charge in [0, 0.05) is 6.54 Å². The second kappa shape index (κ2) is 10.3. The van der Waals surface area contributed by atoms with Gasteiger partial charge in [-0.25, -0.2) is 27.6 Å². The van der Waals surface area contributed by atoms with Crippen LogP contribution in [0.3, 0.4) is 0 Å². The first-order valence-corrected chi connectivity index (χ1v) is 13.4. The molecule has 4 aromatic rings. The predicted molar refractivity (Wildman–Crippen MR) is 132 cm³/mol. The molecule has 0 fully saturated rings. The van der Waals surface area contributed by atoms with Crippen LogP contribution in [0.4, 0.5) is 4.39 Å². The van der Waals surface area contributed by atoms with Crippen LogP contribution in [-0.2, 0) is 28.0 Å². The molecule has 190 valence electrons. The number of ether oxygens (including phenoxy) is 1. The topological polar surface area (TPSA) is 142 Å². The van der Waals surface area contributed by atoms with Crippen molar-refractivity contribution in [3.63, 3.8) is 0 Å². The van der Waals surface area contributed by atoms with E-state index >= 15 is 0 Å². The number of nitrogens with zero attached hydrogens (tertiary/aromatic N) is 4. The molecule has 4 rings (SSSR count). The number of halogens is 1. The molecule has 1 amide bonds. The molecule has 0 aliphatic rings. The van der Waals surface area contributed by atoms with E-state index in [4.69, 9.17) is 9.88 Å². The Morgan fingerprint density at radius 1 is 1.25 bits per heavy atom. The summed E-state index contributed by atoms with van der Waals surface area (Å²) in [6, 6.07) is 9.21. The Morgan fingerprint density at radius 2 is 2.03 bits per heavy atom.